The summed E-state index contributed by atoms with van der Waals surface area (Å²) in [6.45, 7) is 2.80. The molecule has 0 saturated heterocycles. The molecule has 0 spiro atoms. The molecule has 3 aromatic heterocycles. The summed E-state index contributed by atoms with van der Waals surface area (Å²) in [6, 6.07) is 8.86. The van der Waals surface area contributed by atoms with E-state index in [2.05, 4.69) is 20.6 Å². The van der Waals surface area contributed by atoms with Gasteiger partial charge >= 0.3 is 0 Å². The number of nitrogens with zero attached hydrogens (tertiary/aromatic N) is 3. The van der Waals surface area contributed by atoms with Crippen LogP contribution in [0.15, 0.2) is 65.1 Å². The SMILES string of the molecule is Cc1occc1C(=O)Nc1nc(CC(=O)Nc2ccccc2OCCn2ccnc2)cs1. The summed E-state index contributed by atoms with van der Waals surface area (Å²) in [6.07, 6.45) is 6.82. The lowest BCUT2D eigenvalue weighted by molar-refractivity contribution is -0.115. The van der Waals surface area contributed by atoms with Gasteiger partial charge in [-0.3, -0.25) is 14.9 Å². The van der Waals surface area contributed by atoms with E-state index in [1.54, 1.807) is 43.0 Å². The minimum atomic E-state index is -0.302. The molecule has 0 bridgehead atoms. The van der Waals surface area contributed by atoms with Crippen molar-refractivity contribution in [1.82, 2.24) is 14.5 Å². The van der Waals surface area contributed by atoms with Crippen LogP contribution in [0.3, 0.4) is 0 Å². The number of carbonyl (C=O) groups excluding carboxylic acids is 2. The van der Waals surface area contributed by atoms with Gasteiger partial charge < -0.3 is 19.0 Å². The Labute approximate surface area is 188 Å². The summed E-state index contributed by atoms with van der Waals surface area (Å²) in [7, 11) is 0. The zero-order chi connectivity index (χ0) is 22.3. The van der Waals surface area contributed by atoms with Crippen molar-refractivity contribution in [2.45, 2.75) is 19.9 Å². The molecule has 0 radical (unpaired) electrons. The van der Waals surface area contributed by atoms with Crippen molar-refractivity contribution in [2.75, 3.05) is 17.2 Å². The highest BCUT2D eigenvalue weighted by atomic mass is 32.1. The molecule has 4 aromatic rings. The number of para-hydroxylation sites is 2. The average Bonchev–Trinajstić information content (AvgIpc) is 3.52. The lowest BCUT2D eigenvalue weighted by Gasteiger charge is -2.12. The maximum atomic E-state index is 12.5. The van der Waals surface area contributed by atoms with E-state index in [-0.39, 0.29) is 18.2 Å². The third-order valence-electron chi connectivity index (χ3n) is 4.54. The highest BCUT2D eigenvalue weighted by Crippen LogP contribution is 2.24. The lowest BCUT2D eigenvalue weighted by Crippen LogP contribution is -2.16. The largest absolute Gasteiger partial charge is 0.490 e. The van der Waals surface area contributed by atoms with E-state index in [1.165, 1.54) is 17.6 Å². The Morgan fingerprint density at radius 3 is 2.88 bits per heavy atom. The molecule has 9 nitrogen and oxygen atoms in total. The number of carbonyl (C=O) groups is 2. The van der Waals surface area contributed by atoms with Crippen molar-refractivity contribution < 1.29 is 18.7 Å². The molecular formula is C22H21N5O4S. The van der Waals surface area contributed by atoms with Gasteiger partial charge in [0.05, 0.1) is 42.5 Å². The maximum absolute atomic E-state index is 12.5. The van der Waals surface area contributed by atoms with E-state index in [9.17, 15) is 9.59 Å². The molecule has 1 aromatic carbocycles. The summed E-state index contributed by atoms with van der Waals surface area (Å²) in [5.74, 6) is 0.583. The predicted molar refractivity (Wildman–Crippen MR) is 120 cm³/mol. The Bertz CT molecular complexity index is 1200. The molecule has 0 aliphatic rings. The topological polar surface area (TPSA) is 111 Å². The van der Waals surface area contributed by atoms with E-state index in [1.807, 2.05) is 22.9 Å². The number of hydrogen-bond donors (Lipinski definition) is 2. The van der Waals surface area contributed by atoms with Crippen LogP contribution in [0.5, 0.6) is 5.75 Å². The van der Waals surface area contributed by atoms with Gasteiger partial charge in [0.25, 0.3) is 5.91 Å². The van der Waals surface area contributed by atoms with Gasteiger partial charge in [0.1, 0.15) is 18.1 Å². The summed E-state index contributed by atoms with van der Waals surface area (Å²) in [5, 5.41) is 7.75. The van der Waals surface area contributed by atoms with Gasteiger partial charge in [-0.05, 0) is 25.1 Å². The molecule has 0 fully saturated rings. The number of amides is 2. The number of hydrogen-bond acceptors (Lipinski definition) is 7. The Morgan fingerprint density at radius 1 is 1.22 bits per heavy atom. The van der Waals surface area contributed by atoms with E-state index in [0.29, 0.717) is 46.7 Å². The number of nitrogens with one attached hydrogen (secondary N) is 2. The van der Waals surface area contributed by atoms with Crippen molar-refractivity contribution in [2.24, 2.45) is 0 Å². The van der Waals surface area contributed by atoms with Crippen LogP contribution in [0.25, 0.3) is 0 Å². The van der Waals surface area contributed by atoms with Gasteiger partial charge in [-0.15, -0.1) is 11.3 Å². The number of ether oxygens (including phenoxy) is 1. The molecule has 32 heavy (non-hydrogen) atoms. The fourth-order valence-corrected chi connectivity index (χ4v) is 3.67. The number of rotatable bonds is 9. The summed E-state index contributed by atoms with van der Waals surface area (Å²) in [5.41, 5.74) is 1.59. The standard InChI is InChI=1S/C22H21N5O4S/c1-15-17(6-10-30-15)21(29)26-22-24-16(13-32-22)12-20(28)25-18-4-2-3-5-19(18)31-11-9-27-8-7-23-14-27/h2-8,10,13-14H,9,11-12H2,1H3,(H,25,28)(H,24,26,29). The lowest BCUT2D eigenvalue weighted by atomic mass is 10.2. The second-order valence-electron chi connectivity index (χ2n) is 6.86. The Morgan fingerprint density at radius 2 is 2.09 bits per heavy atom. The Balaban J connectivity index is 1.31. The van der Waals surface area contributed by atoms with Gasteiger partial charge in [-0.25, -0.2) is 9.97 Å². The molecule has 0 atom stereocenters. The van der Waals surface area contributed by atoms with E-state index >= 15 is 0 Å². The minimum Gasteiger partial charge on any atom is -0.490 e. The summed E-state index contributed by atoms with van der Waals surface area (Å²) < 4.78 is 12.9. The molecule has 2 amide bonds. The highest BCUT2D eigenvalue weighted by molar-refractivity contribution is 7.14. The molecular weight excluding hydrogens is 430 g/mol. The molecule has 3 heterocycles. The molecule has 4 rings (SSSR count). The third-order valence-corrected chi connectivity index (χ3v) is 5.35. The first-order valence-corrected chi connectivity index (χ1v) is 10.7. The molecule has 164 valence electrons. The normalized spacial score (nSPS) is 10.7. The fourth-order valence-electron chi connectivity index (χ4n) is 2.97. The molecule has 0 saturated carbocycles. The molecule has 2 N–H and O–H groups in total. The Kier molecular flexibility index (Phi) is 6.61. The highest BCUT2D eigenvalue weighted by Gasteiger charge is 2.15. The van der Waals surface area contributed by atoms with Crippen LogP contribution < -0.4 is 15.4 Å². The zero-order valence-corrected chi connectivity index (χ0v) is 18.1. The van der Waals surface area contributed by atoms with Crippen LogP contribution in [0, 0.1) is 6.92 Å². The van der Waals surface area contributed by atoms with Crippen LogP contribution in [0.4, 0.5) is 10.8 Å². The average molecular weight is 452 g/mol. The number of anilines is 2. The second-order valence-corrected chi connectivity index (χ2v) is 7.72. The fraction of sp³-hybridized carbons (Fsp3) is 0.182. The first kappa shape index (κ1) is 21.3. The van der Waals surface area contributed by atoms with Crippen LogP contribution in [-0.2, 0) is 17.8 Å². The number of aromatic nitrogens is 3. The quantitative estimate of drug-likeness (QED) is 0.401. The van der Waals surface area contributed by atoms with Crippen molar-refractivity contribution >= 4 is 34.0 Å². The minimum absolute atomic E-state index is 0.0699. The third kappa shape index (κ3) is 5.41. The monoisotopic (exact) mass is 451 g/mol. The summed E-state index contributed by atoms with van der Waals surface area (Å²) in [4.78, 5) is 33.1. The molecule has 10 heteroatoms. The van der Waals surface area contributed by atoms with Crippen LogP contribution >= 0.6 is 11.3 Å². The van der Waals surface area contributed by atoms with Crippen LogP contribution in [-0.4, -0.2) is 33.0 Å². The molecule has 0 aliphatic carbocycles. The molecule has 0 unspecified atom stereocenters. The van der Waals surface area contributed by atoms with Crippen LogP contribution in [0.1, 0.15) is 21.8 Å². The van der Waals surface area contributed by atoms with Gasteiger partial charge in [-0.2, -0.15) is 0 Å². The van der Waals surface area contributed by atoms with E-state index < -0.39 is 0 Å². The van der Waals surface area contributed by atoms with Gasteiger partial charge in [-0.1, -0.05) is 12.1 Å². The van der Waals surface area contributed by atoms with Gasteiger partial charge in [0.15, 0.2) is 5.13 Å². The van der Waals surface area contributed by atoms with Crippen molar-refractivity contribution in [3.05, 3.63) is 77.7 Å². The number of furan rings is 1. The first-order valence-electron chi connectivity index (χ1n) is 9.86. The Hall–Kier alpha value is -3.92. The van der Waals surface area contributed by atoms with Gasteiger partial charge in [0.2, 0.25) is 5.91 Å². The van der Waals surface area contributed by atoms with E-state index in [0.717, 1.165) is 0 Å². The second kappa shape index (κ2) is 9.92. The van der Waals surface area contributed by atoms with Crippen molar-refractivity contribution in [1.29, 1.82) is 0 Å². The first-order chi connectivity index (χ1) is 15.6. The van der Waals surface area contributed by atoms with Crippen molar-refractivity contribution in [3.8, 4) is 5.75 Å². The number of thiazole rings is 1. The maximum Gasteiger partial charge on any atom is 0.260 e. The summed E-state index contributed by atoms with van der Waals surface area (Å²) >= 11 is 1.26. The number of benzene rings is 1. The molecule has 0 aliphatic heterocycles. The van der Waals surface area contributed by atoms with Gasteiger partial charge in [0, 0.05) is 17.8 Å². The van der Waals surface area contributed by atoms with E-state index in [4.69, 9.17) is 9.15 Å². The zero-order valence-electron chi connectivity index (χ0n) is 17.3. The number of imidazole rings is 1. The predicted octanol–water partition coefficient (Wildman–Crippen LogP) is 3.75. The van der Waals surface area contributed by atoms with Crippen LogP contribution in [0.2, 0.25) is 0 Å². The smallest absolute Gasteiger partial charge is 0.260 e. The number of aryl methyl sites for hydroxylation is 1. The van der Waals surface area contributed by atoms with Crippen molar-refractivity contribution in [3.63, 3.8) is 0 Å².